The molecule has 1 aromatic heterocycles. The number of aromatic nitrogens is 2. The van der Waals surface area contributed by atoms with Crippen LogP contribution in [0.4, 0.5) is 8.78 Å². The maximum Gasteiger partial charge on any atom is 0.239 e. The van der Waals surface area contributed by atoms with Gasteiger partial charge < -0.3 is 9.64 Å². The van der Waals surface area contributed by atoms with E-state index in [9.17, 15) is 13.6 Å². The van der Waals surface area contributed by atoms with Crippen LogP contribution in [0.1, 0.15) is 43.9 Å². The van der Waals surface area contributed by atoms with Gasteiger partial charge in [0.05, 0.1) is 11.1 Å². The number of rotatable bonds is 3. The van der Waals surface area contributed by atoms with E-state index < -0.39 is 22.8 Å². The van der Waals surface area contributed by atoms with E-state index in [0.717, 1.165) is 24.1 Å². The minimum absolute atomic E-state index is 0.0110. The SMILES string of the molecule is CN(C)C(=O)C12CCC(c3cc(Oc4c(F)cccc4F)nnc31)C2(C)C. The van der Waals surface area contributed by atoms with Crippen LogP contribution in [0.2, 0.25) is 0 Å². The Kier molecular flexibility index (Phi) is 3.77. The van der Waals surface area contributed by atoms with Crippen LogP contribution in [0.3, 0.4) is 0 Å². The van der Waals surface area contributed by atoms with Crippen molar-refractivity contribution >= 4 is 5.91 Å². The smallest absolute Gasteiger partial charge is 0.239 e. The Morgan fingerprint density at radius 3 is 2.52 bits per heavy atom. The number of halogens is 2. The summed E-state index contributed by atoms with van der Waals surface area (Å²) in [7, 11) is 3.48. The number of nitrogens with zero attached hydrogens (tertiary/aromatic N) is 3. The number of para-hydroxylation sites is 1. The van der Waals surface area contributed by atoms with Crippen molar-refractivity contribution in [3.63, 3.8) is 0 Å². The lowest BCUT2D eigenvalue weighted by molar-refractivity contribution is -0.138. The summed E-state index contributed by atoms with van der Waals surface area (Å²) >= 11 is 0. The van der Waals surface area contributed by atoms with Crippen molar-refractivity contribution < 1.29 is 18.3 Å². The van der Waals surface area contributed by atoms with Crippen molar-refractivity contribution in [1.29, 1.82) is 0 Å². The molecule has 2 bridgehead atoms. The summed E-state index contributed by atoms with van der Waals surface area (Å²) in [4.78, 5) is 14.7. The zero-order valence-electron chi connectivity index (χ0n) is 15.7. The van der Waals surface area contributed by atoms with E-state index in [1.807, 2.05) is 0 Å². The van der Waals surface area contributed by atoms with Crippen molar-refractivity contribution in [3.8, 4) is 11.6 Å². The van der Waals surface area contributed by atoms with Gasteiger partial charge in [0.25, 0.3) is 0 Å². The molecule has 1 saturated carbocycles. The van der Waals surface area contributed by atoms with Crippen LogP contribution in [0.15, 0.2) is 24.3 Å². The summed E-state index contributed by atoms with van der Waals surface area (Å²) < 4.78 is 33.1. The second-order valence-electron chi connectivity index (χ2n) is 8.06. The minimum atomic E-state index is -0.807. The number of fused-ring (bicyclic) bond motifs is 5. The first kappa shape index (κ1) is 17.8. The monoisotopic (exact) mass is 373 g/mol. The highest BCUT2D eigenvalue weighted by Gasteiger charge is 2.67. The second-order valence-corrected chi connectivity index (χ2v) is 8.06. The van der Waals surface area contributed by atoms with Crippen LogP contribution in [0.5, 0.6) is 11.6 Å². The lowest BCUT2D eigenvalue weighted by Crippen LogP contribution is -2.49. The molecule has 5 nitrogen and oxygen atoms in total. The minimum Gasteiger partial charge on any atom is -0.431 e. The number of carbonyl (C=O) groups excluding carboxylic acids is 1. The van der Waals surface area contributed by atoms with Crippen LogP contribution in [-0.4, -0.2) is 35.1 Å². The molecule has 0 saturated heterocycles. The van der Waals surface area contributed by atoms with Gasteiger partial charge in [-0.1, -0.05) is 19.9 Å². The third-order valence-electron chi connectivity index (χ3n) is 6.26. The van der Waals surface area contributed by atoms with Crippen molar-refractivity contribution in [2.75, 3.05) is 14.1 Å². The molecule has 1 fully saturated rings. The average Bonchev–Trinajstić information content (AvgIpc) is 2.99. The quantitative estimate of drug-likeness (QED) is 0.821. The van der Waals surface area contributed by atoms with E-state index in [0.29, 0.717) is 12.1 Å². The Labute approximate surface area is 156 Å². The van der Waals surface area contributed by atoms with Gasteiger partial charge in [0.15, 0.2) is 11.6 Å². The summed E-state index contributed by atoms with van der Waals surface area (Å²) in [5, 5.41) is 8.32. The Hall–Kier alpha value is -2.57. The van der Waals surface area contributed by atoms with Crippen LogP contribution in [-0.2, 0) is 10.2 Å². The highest BCUT2D eigenvalue weighted by atomic mass is 19.1. The standard InChI is InChI=1S/C20H21F2N3O2/c1-19(2)12-8-9-20(19,18(26)25(3)4)17-11(12)10-15(23-24-17)27-16-13(21)6-5-7-14(16)22/h5-7,10,12H,8-9H2,1-4H3. The molecule has 7 heteroatoms. The molecule has 0 aliphatic heterocycles. The van der Waals surface area contributed by atoms with E-state index in [2.05, 4.69) is 24.0 Å². The zero-order chi connectivity index (χ0) is 19.6. The number of carbonyl (C=O) groups is 1. The Morgan fingerprint density at radius 1 is 1.22 bits per heavy atom. The van der Waals surface area contributed by atoms with E-state index in [1.165, 1.54) is 6.07 Å². The van der Waals surface area contributed by atoms with Gasteiger partial charge in [-0.15, -0.1) is 5.10 Å². The highest BCUT2D eigenvalue weighted by Crippen LogP contribution is 2.67. The highest BCUT2D eigenvalue weighted by molar-refractivity contribution is 5.91. The predicted octanol–water partition coefficient (Wildman–Crippen LogP) is 3.79. The second kappa shape index (κ2) is 5.71. The van der Waals surface area contributed by atoms with E-state index in [1.54, 1.807) is 25.1 Å². The van der Waals surface area contributed by atoms with Crippen molar-refractivity contribution in [1.82, 2.24) is 15.1 Å². The normalized spacial score (nSPS) is 24.6. The molecule has 2 aromatic rings. The molecule has 1 heterocycles. The van der Waals surface area contributed by atoms with Gasteiger partial charge in [-0.3, -0.25) is 4.79 Å². The molecular weight excluding hydrogens is 352 g/mol. The first-order valence-electron chi connectivity index (χ1n) is 8.92. The average molecular weight is 373 g/mol. The van der Waals surface area contributed by atoms with Crippen LogP contribution < -0.4 is 4.74 Å². The Balaban J connectivity index is 1.79. The van der Waals surface area contributed by atoms with Crippen LogP contribution in [0.25, 0.3) is 0 Å². The van der Waals surface area contributed by atoms with E-state index in [-0.39, 0.29) is 23.1 Å². The van der Waals surface area contributed by atoms with Crippen molar-refractivity contribution in [2.24, 2.45) is 5.41 Å². The summed E-state index contributed by atoms with van der Waals surface area (Å²) in [5.41, 5.74) is 0.477. The first-order valence-corrected chi connectivity index (χ1v) is 8.92. The van der Waals surface area contributed by atoms with E-state index in [4.69, 9.17) is 4.74 Å². The number of likely N-dealkylation sites (N-methyl/N-ethyl adjacent to an activating group) is 1. The summed E-state index contributed by atoms with van der Waals surface area (Å²) in [5.74, 6) is -1.98. The molecule has 0 N–H and O–H groups in total. The number of benzene rings is 1. The van der Waals surface area contributed by atoms with Gasteiger partial charge in [0.2, 0.25) is 17.5 Å². The molecule has 2 aliphatic carbocycles. The van der Waals surface area contributed by atoms with Gasteiger partial charge >= 0.3 is 0 Å². The Bertz CT molecular complexity index is 925. The maximum absolute atomic E-state index is 13.9. The van der Waals surface area contributed by atoms with Gasteiger partial charge in [-0.05, 0) is 41.9 Å². The molecule has 1 amide bonds. The first-order chi connectivity index (χ1) is 12.7. The van der Waals surface area contributed by atoms with E-state index >= 15 is 0 Å². The number of hydrogen-bond acceptors (Lipinski definition) is 4. The van der Waals surface area contributed by atoms with Gasteiger partial charge in [0.1, 0.15) is 0 Å². The molecule has 1 aromatic carbocycles. The third-order valence-corrected chi connectivity index (χ3v) is 6.26. The largest absolute Gasteiger partial charge is 0.431 e. The molecule has 0 spiro atoms. The molecular formula is C20H21F2N3O2. The molecule has 2 unspecified atom stereocenters. The van der Waals surface area contributed by atoms with Crippen molar-refractivity contribution in [2.45, 2.75) is 38.0 Å². The van der Waals surface area contributed by atoms with Gasteiger partial charge in [-0.25, -0.2) is 8.78 Å². The van der Waals surface area contributed by atoms with Gasteiger partial charge in [0, 0.05) is 20.2 Å². The number of ether oxygens (including phenoxy) is 1. The zero-order valence-corrected chi connectivity index (χ0v) is 15.7. The predicted molar refractivity (Wildman–Crippen MR) is 94.6 cm³/mol. The third kappa shape index (κ3) is 2.23. The fraction of sp³-hybridized carbons (Fsp3) is 0.450. The molecule has 2 atom stereocenters. The number of amides is 1. The van der Waals surface area contributed by atoms with Crippen LogP contribution in [0, 0.1) is 17.0 Å². The summed E-state index contributed by atoms with van der Waals surface area (Å²) in [6.07, 6.45) is 1.56. The fourth-order valence-corrected chi connectivity index (χ4v) is 4.89. The van der Waals surface area contributed by atoms with Crippen LogP contribution >= 0.6 is 0 Å². The lowest BCUT2D eigenvalue weighted by atomic mass is 9.67. The molecule has 0 radical (unpaired) electrons. The van der Waals surface area contributed by atoms with Gasteiger partial charge in [-0.2, -0.15) is 5.10 Å². The summed E-state index contributed by atoms with van der Waals surface area (Å²) in [6, 6.07) is 5.18. The fourth-order valence-electron chi connectivity index (χ4n) is 4.89. The maximum atomic E-state index is 13.9. The molecule has 142 valence electrons. The molecule has 4 rings (SSSR count). The number of hydrogen-bond donors (Lipinski definition) is 0. The van der Waals surface area contributed by atoms with Crippen molar-refractivity contribution in [3.05, 3.63) is 47.2 Å². The molecule has 2 aliphatic rings. The lowest BCUT2D eigenvalue weighted by Gasteiger charge is -2.38. The molecule has 27 heavy (non-hydrogen) atoms. The topological polar surface area (TPSA) is 55.3 Å². The Morgan fingerprint density at radius 2 is 1.89 bits per heavy atom. The summed E-state index contributed by atoms with van der Waals surface area (Å²) in [6.45, 7) is 4.15.